The third-order valence-corrected chi connectivity index (χ3v) is 6.55. The van der Waals surface area contributed by atoms with Crippen molar-refractivity contribution in [1.29, 1.82) is 0 Å². The minimum absolute atomic E-state index is 0.246. The molecule has 162 valence electrons. The number of carbonyl (C=O) groups excluding carboxylic acids is 2. The van der Waals surface area contributed by atoms with Crippen molar-refractivity contribution in [3.63, 3.8) is 0 Å². The molecule has 1 unspecified atom stereocenters. The van der Waals surface area contributed by atoms with Gasteiger partial charge < -0.3 is 10.4 Å². The number of carboxylic acid groups (broad SMARTS) is 1. The summed E-state index contributed by atoms with van der Waals surface area (Å²) in [5.74, 6) is -1.16. The van der Waals surface area contributed by atoms with Crippen molar-refractivity contribution in [3.05, 3.63) is 28.2 Å². The zero-order chi connectivity index (χ0) is 22.1. The molecule has 1 aromatic carbocycles. The normalized spacial score (nSPS) is 11.8. The molecule has 2 N–H and O–H groups in total. The van der Waals surface area contributed by atoms with E-state index < -0.39 is 29.5 Å². The second-order valence-electron chi connectivity index (χ2n) is 6.02. The van der Waals surface area contributed by atoms with Crippen LogP contribution in [0.15, 0.2) is 28.3 Å². The topological polar surface area (TPSA) is 127 Å². The molecule has 2 rings (SSSR count). The highest BCUT2D eigenvalue weighted by Gasteiger charge is 2.26. The van der Waals surface area contributed by atoms with Crippen LogP contribution in [0.5, 0.6) is 0 Å². The number of carboxylic acids is 1. The van der Waals surface area contributed by atoms with Gasteiger partial charge in [-0.3, -0.25) is 14.4 Å². The standard InChI is InChI=1S/C17H19Cl2N5O4S2/c1-2-3-7-29-17(28)20-12(8-14(26)27)13(25)9-24-16(21-22-23-24)30-15-10(18)5-4-6-11(15)19/h4-6,12H,2-3,7-9H2,1H3,(H,20,28)(H,26,27). The van der Waals surface area contributed by atoms with Gasteiger partial charge >= 0.3 is 5.97 Å². The zero-order valence-corrected chi connectivity index (χ0v) is 19.0. The summed E-state index contributed by atoms with van der Waals surface area (Å²) in [6, 6.07) is 3.81. The zero-order valence-electron chi connectivity index (χ0n) is 15.9. The Hall–Kier alpha value is -1.82. The minimum atomic E-state index is -1.21. The molecule has 0 bridgehead atoms. The lowest BCUT2D eigenvalue weighted by molar-refractivity contribution is -0.139. The second kappa shape index (κ2) is 12.1. The van der Waals surface area contributed by atoms with Crippen molar-refractivity contribution in [2.75, 3.05) is 5.75 Å². The van der Waals surface area contributed by atoms with Crippen LogP contribution in [0.2, 0.25) is 10.0 Å². The van der Waals surface area contributed by atoms with E-state index in [9.17, 15) is 14.4 Å². The summed E-state index contributed by atoms with van der Waals surface area (Å²) < 4.78 is 1.21. The number of thioether (sulfide) groups is 1. The summed E-state index contributed by atoms with van der Waals surface area (Å²) in [4.78, 5) is 36.4. The van der Waals surface area contributed by atoms with Gasteiger partial charge in [0.1, 0.15) is 12.6 Å². The van der Waals surface area contributed by atoms with Crippen LogP contribution in [-0.4, -0.2) is 54.1 Å². The molecule has 0 saturated heterocycles. The Kier molecular flexibility index (Phi) is 9.89. The van der Waals surface area contributed by atoms with Crippen molar-refractivity contribution < 1.29 is 19.5 Å². The second-order valence-corrected chi connectivity index (χ2v) is 8.88. The maximum Gasteiger partial charge on any atom is 0.305 e. The molecule has 30 heavy (non-hydrogen) atoms. The van der Waals surface area contributed by atoms with Crippen LogP contribution in [0.3, 0.4) is 0 Å². The lowest BCUT2D eigenvalue weighted by Crippen LogP contribution is -2.42. The summed E-state index contributed by atoms with van der Waals surface area (Å²) in [6.07, 6.45) is 1.22. The number of halogens is 2. The molecule has 0 aliphatic carbocycles. The average Bonchev–Trinajstić information content (AvgIpc) is 3.11. The van der Waals surface area contributed by atoms with E-state index in [-0.39, 0.29) is 11.7 Å². The minimum Gasteiger partial charge on any atom is -0.481 e. The van der Waals surface area contributed by atoms with E-state index in [1.807, 2.05) is 6.92 Å². The SMILES string of the molecule is CCCCSC(=O)NC(CC(=O)O)C(=O)Cn1nnnc1Sc1c(Cl)cccc1Cl. The van der Waals surface area contributed by atoms with Crippen molar-refractivity contribution in [2.45, 2.75) is 48.8 Å². The molecular weight excluding hydrogens is 473 g/mol. The maximum absolute atomic E-state index is 12.7. The van der Waals surface area contributed by atoms with Crippen LogP contribution < -0.4 is 5.32 Å². The molecule has 0 aliphatic rings. The smallest absolute Gasteiger partial charge is 0.305 e. The first-order chi connectivity index (χ1) is 14.3. The molecule has 0 radical (unpaired) electrons. The van der Waals surface area contributed by atoms with E-state index in [2.05, 4.69) is 20.8 Å². The number of tetrazole rings is 1. The Labute approximate surface area is 191 Å². The molecule has 0 aliphatic heterocycles. The summed E-state index contributed by atoms with van der Waals surface area (Å²) >= 11 is 14.4. The van der Waals surface area contributed by atoms with E-state index >= 15 is 0 Å². The first-order valence-electron chi connectivity index (χ1n) is 8.87. The van der Waals surface area contributed by atoms with Gasteiger partial charge in [-0.15, -0.1) is 5.10 Å². The highest BCUT2D eigenvalue weighted by atomic mass is 35.5. The molecule has 1 heterocycles. The molecule has 1 aromatic heterocycles. The van der Waals surface area contributed by atoms with E-state index in [1.165, 1.54) is 4.68 Å². The van der Waals surface area contributed by atoms with Gasteiger partial charge in [-0.2, -0.15) is 0 Å². The maximum atomic E-state index is 12.7. The Morgan fingerprint density at radius 1 is 1.27 bits per heavy atom. The Balaban J connectivity index is 2.09. The summed E-state index contributed by atoms with van der Waals surface area (Å²) in [6.45, 7) is 1.67. The van der Waals surface area contributed by atoms with Crippen LogP contribution in [0.25, 0.3) is 0 Å². The summed E-state index contributed by atoms with van der Waals surface area (Å²) in [5, 5.41) is 23.4. The van der Waals surface area contributed by atoms with Gasteiger partial charge in [-0.25, -0.2) is 4.68 Å². The predicted octanol–water partition coefficient (Wildman–Crippen LogP) is 3.79. The largest absolute Gasteiger partial charge is 0.481 e. The van der Waals surface area contributed by atoms with E-state index in [0.29, 0.717) is 20.7 Å². The Morgan fingerprint density at radius 3 is 2.60 bits per heavy atom. The number of aromatic nitrogens is 4. The van der Waals surface area contributed by atoms with Gasteiger partial charge in [0.25, 0.3) is 5.24 Å². The first kappa shape index (κ1) is 24.4. The van der Waals surface area contributed by atoms with E-state index in [4.69, 9.17) is 28.3 Å². The number of amides is 1. The van der Waals surface area contributed by atoms with Crippen LogP contribution >= 0.6 is 46.7 Å². The predicted molar refractivity (Wildman–Crippen MR) is 115 cm³/mol. The van der Waals surface area contributed by atoms with Crippen LogP contribution in [0.4, 0.5) is 4.79 Å². The number of nitrogens with zero attached hydrogens (tertiary/aromatic N) is 4. The number of Topliss-reactive ketones (excluding diaryl/α,β-unsaturated/α-hetero) is 1. The van der Waals surface area contributed by atoms with Crippen LogP contribution in [0.1, 0.15) is 26.2 Å². The Morgan fingerprint density at radius 2 is 1.97 bits per heavy atom. The number of carbonyl (C=O) groups is 3. The monoisotopic (exact) mass is 491 g/mol. The van der Waals surface area contributed by atoms with Crippen molar-refractivity contribution in [2.24, 2.45) is 0 Å². The number of unbranched alkanes of at least 4 members (excludes halogenated alkanes) is 1. The Bertz CT molecular complexity index is 892. The molecule has 0 saturated carbocycles. The quantitative estimate of drug-likeness (QED) is 0.451. The number of hydrogen-bond acceptors (Lipinski definition) is 8. The van der Waals surface area contributed by atoms with Gasteiger partial charge in [0.2, 0.25) is 5.16 Å². The van der Waals surface area contributed by atoms with Gasteiger partial charge in [-0.1, -0.05) is 54.4 Å². The number of hydrogen-bond donors (Lipinski definition) is 2. The lowest BCUT2D eigenvalue weighted by Gasteiger charge is -2.16. The molecular formula is C17H19Cl2N5O4S2. The fraction of sp³-hybridized carbons (Fsp3) is 0.412. The lowest BCUT2D eigenvalue weighted by atomic mass is 10.1. The van der Waals surface area contributed by atoms with Gasteiger partial charge in [0.05, 0.1) is 21.4 Å². The number of nitrogens with one attached hydrogen (secondary N) is 1. The highest BCUT2D eigenvalue weighted by molar-refractivity contribution is 8.13. The highest BCUT2D eigenvalue weighted by Crippen LogP contribution is 2.37. The van der Waals surface area contributed by atoms with Crippen molar-refractivity contribution in [1.82, 2.24) is 25.5 Å². The molecule has 1 amide bonds. The molecule has 9 nitrogen and oxygen atoms in total. The summed E-state index contributed by atoms with van der Waals surface area (Å²) in [7, 11) is 0. The number of rotatable bonds is 11. The van der Waals surface area contributed by atoms with Crippen LogP contribution in [-0.2, 0) is 16.1 Å². The molecule has 2 aromatic rings. The van der Waals surface area contributed by atoms with Gasteiger partial charge in [-0.05, 0) is 40.7 Å². The third-order valence-electron chi connectivity index (χ3n) is 3.71. The van der Waals surface area contributed by atoms with Crippen LogP contribution in [0, 0.1) is 0 Å². The molecule has 13 heteroatoms. The van der Waals surface area contributed by atoms with E-state index in [1.54, 1.807) is 18.2 Å². The number of aliphatic carboxylic acids is 1. The van der Waals surface area contributed by atoms with Crippen molar-refractivity contribution in [3.8, 4) is 0 Å². The first-order valence-corrected chi connectivity index (χ1v) is 11.4. The summed E-state index contributed by atoms with van der Waals surface area (Å²) in [5.41, 5.74) is 0. The number of ketones is 1. The average molecular weight is 492 g/mol. The molecule has 0 fully saturated rings. The number of benzene rings is 1. The van der Waals surface area contributed by atoms with Gasteiger partial charge in [0, 0.05) is 5.75 Å². The fourth-order valence-electron chi connectivity index (χ4n) is 2.21. The molecule has 1 atom stereocenters. The van der Waals surface area contributed by atoms with Crippen molar-refractivity contribution >= 4 is 63.7 Å². The van der Waals surface area contributed by atoms with E-state index in [0.717, 1.165) is 36.4 Å². The fourth-order valence-corrected chi connectivity index (χ4v) is 4.48. The molecule has 0 spiro atoms. The third kappa shape index (κ3) is 7.46. The van der Waals surface area contributed by atoms with Gasteiger partial charge in [0.15, 0.2) is 5.78 Å².